The normalized spacial score (nSPS) is 11.4. The van der Waals surface area contributed by atoms with E-state index in [0.717, 1.165) is 37.1 Å². The molecular formula is C58H88N2. The molecular weight excluding hydrogens is 725 g/mol. The molecule has 0 spiro atoms. The summed E-state index contributed by atoms with van der Waals surface area (Å²) >= 11 is 0. The first-order chi connectivity index (χ1) is 29.5. The summed E-state index contributed by atoms with van der Waals surface area (Å²) in [5, 5.41) is 0. The summed E-state index contributed by atoms with van der Waals surface area (Å²) in [6.45, 7) is 4.55. The number of hydrogen-bond donors (Lipinski definition) is 2. The second-order valence-electron chi connectivity index (χ2n) is 18.5. The van der Waals surface area contributed by atoms with E-state index < -0.39 is 0 Å². The van der Waals surface area contributed by atoms with Gasteiger partial charge < -0.3 is 11.5 Å². The smallest absolute Gasteiger partial charge is 0.0316 e. The zero-order chi connectivity index (χ0) is 42.3. The van der Waals surface area contributed by atoms with Gasteiger partial charge in [-0.05, 0) is 133 Å². The van der Waals surface area contributed by atoms with Crippen molar-refractivity contribution in [3.63, 3.8) is 0 Å². The summed E-state index contributed by atoms with van der Waals surface area (Å²) in [7, 11) is 0. The highest BCUT2D eigenvalue weighted by atomic mass is 14.5. The summed E-state index contributed by atoms with van der Waals surface area (Å²) in [6.07, 6.45) is 42.5. The number of nitrogen functional groups attached to an aromatic ring is 2. The van der Waals surface area contributed by atoms with Gasteiger partial charge in [-0.3, -0.25) is 0 Å². The van der Waals surface area contributed by atoms with E-state index in [2.05, 4.69) is 98.8 Å². The molecule has 0 saturated carbocycles. The highest BCUT2D eigenvalue weighted by molar-refractivity contribution is 5.47. The van der Waals surface area contributed by atoms with Gasteiger partial charge >= 0.3 is 0 Å². The average Bonchev–Trinajstić information content (AvgIpc) is 3.26. The number of rotatable bonds is 35. The van der Waals surface area contributed by atoms with Crippen molar-refractivity contribution < 1.29 is 0 Å². The predicted octanol–water partition coefficient (Wildman–Crippen LogP) is 17.1. The van der Waals surface area contributed by atoms with Crippen molar-refractivity contribution in [3.8, 4) is 0 Å². The number of anilines is 2. The average molecular weight is 813 g/mol. The molecule has 2 nitrogen and oxygen atoms in total. The van der Waals surface area contributed by atoms with Crippen molar-refractivity contribution in [2.24, 2.45) is 0 Å². The lowest BCUT2D eigenvalue weighted by Crippen LogP contribution is -1.99. The van der Waals surface area contributed by atoms with Gasteiger partial charge in [0.15, 0.2) is 0 Å². The molecule has 330 valence electrons. The van der Waals surface area contributed by atoms with Crippen molar-refractivity contribution in [2.75, 3.05) is 11.5 Å². The van der Waals surface area contributed by atoms with Gasteiger partial charge in [0.25, 0.3) is 0 Å². The fraction of sp³-hybridized carbons (Fsp3) is 0.586. The molecule has 0 radical (unpaired) electrons. The molecule has 0 aliphatic carbocycles. The van der Waals surface area contributed by atoms with Gasteiger partial charge in [0, 0.05) is 11.4 Å². The van der Waals surface area contributed by atoms with E-state index in [-0.39, 0.29) is 0 Å². The van der Waals surface area contributed by atoms with Gasteiger partial charge in [0.1, 0.15) is 0 Å². The third kappa shape index (κ3) is 21.3. The topological polar surface area (TPSA) is 52.0 Å². The number of nitrogens with two attached hydrogens (primary N) is 2. The van der Waals surface area contributed by atoms with Crippen molar-refractivity contribution in [2.45, 2.75) is 219 Å². The van der Waals surface area contributed by atoms with Crippen molar-refractivity contribution in [3.05, 3.63) is 129 Å². The molecule has 0 aliphatic heterocycles. The Morgan fingerprint density at radius 3 is 0.850 bits per heavy atom. The Hall–Kier alpha value is -3.52. The summed E-state index contributed by atoms with van der Waals surface area (Å²) in [4.78, 5) is 0. The third-order valence-electron chi connectivity index (χ3n) is 13.1. The van der Waals surface area contributed by atoms with Crippen molar-refractivity contribution >= 4 is 11.4 Å². The molecule has 0 aliphatic rings. The summed E-state index contributed by atoms with van der Waals surface area (Å²) in [5.74, 6) is 0. The maximum absolute atomic E-state index is 6.14. The lowest BCUT2D eigenvalue weighted by molar-refractivity contribution is 0.524. The van der Waals surface area contributed by atoms with Gasteiger partial charge in [0.2, 0.25) is 0 Å². The molecule has 60 heavy (non-hydrogen) atoms. The number of aryl methyl sites for hydroxylation is 4. The highest BCUT2D eigenvalue weighted by Crippen LogP contribution is 2.23. The van der Waals surface area contributed by atoms with E-state index in [1.54, 1.807) is 0 Å². The van der Waals surface area contributed by atoms with Gasteiger partial charge in [-0.2, -0.15) is 0 Å². The molecule has 0 fully saturated rings. The maximum Gasteiger partial charge on any atom is 0.0316 e. The second kappa shape index (κ2) is 31.3. The minimum atomic E-state index is 0.895. The van der Waals surface area contributed by atoms with E-state index in [9.17, 15) is 0 Å². The fourth-order valence-electron chi connectivity index (χ4n) is 9.16. The summed E-state index contributed by atoms with van der Waals surface area (Å²) < 4.78 is 0. The first-order valence-corrected chi connectivity index (χ1v) is 25.4. The second-order valence-corrected chi connectivity index (χ2v) is 18.5. The predicted molar refractivity (Wildman–Crippen MR) is 266 cm³/mol. The van der Waals surface area contributed by atoms with E-state index in [0.29, 0.717) is 0 Å². The molecule has 0 bridgehead atoms. The van der Waals surface area contributed by atoms with E-state index in [1.807, 2.05) is 0 Å². The summed E-state index contributed by atoms with van der Waals surface area (Å²) in [6, 6.07) is 31.9. The number of unbranched alkanes of at least 4 members (excludes halogenated alkanes) is 23. The van der Waals surface area contributed by atoms with Crippen LogP contribution in [0.1, 0.15) is 225 Å². The minimum Gasteiger partial charge on any atom is -0.399 e. The van der Waals surface area contributed by atoms with Crippen LogP contribution in [0.2, 0.25) is 0 Å². The number of benzene rings is 4. The van der Waals surface area contributed by atoms with Crippen molar-refractivity contribution in [1.82, 2.24) is 0 Å². The Kier molecular flexibility index (Phi) is 25.7. The minimum absolute atomic E-state index is 0.895. The highest BCUT2D eigenvalue weighted by Gasteiger charge is 2.08. The van der Waals surface area contributed by atoms with Gasteiger partial charge in [-0.15, -0.1) is 0 Å². The monoisotopic (exact) mass is 813 g/mol. The molecule has 4 aromatic rings. The molecule has 0 saturated heterocycles. The standard InChI is InChI=1S/C58H88N2/c1-3-5-7-27-31-53-47-57(59)43-41-55(53)45-51-37-33-49(34-38-51)29-25-23-21-19-17-15-13-11-9-10-12-14-16-18-20-22-24-26-30-50-35-39-52(40-36-50)46-56-42-44-58(60)48-54(56)32-28-8-6-4-2/h33-44,47-48H,3-32,45-46,59-60H2,1-2H3. The zero-order valence-electron chi connectivity index (χ0n) is 38.9. The number of hydrogen-bond acceptors (Lipinski definition) is 2. The van der Waals surface area contributed by atoms with E-state index >= 15 is 0 Å². The van der Waals surface area contributed by atoms with Crippen LogP contribution in [0.5, 0.6) is 0 Å². The van der Waals surface area contributed by atoms with E-state index in [4.69, 9.17) is 11.5 Å². The van der Waals surface area contributed by atoms with Crippen LogP contribution in [0, 0.1) is 0 Å². The Labute approximate surface area is 370 Å². The Balaban J connectivity index is 0.903. The largest absolute Gasteiger partial charge is 0.399 e. The summed E-state index contributed by atoms with van der Waals surface area (Å²) in [5.41, 5.74) is 25.7. The molecule has 2 heteroatoms. The van der Waals surface area contributed by atoms with Crippen LogP contribution >= 0.6 is 0 Å². The van der Waals surface area contributed by atoms with Gasteiger partial charge in [-0.25, -0.2) is 0 Å². The van der Waals surface area contributed by atoms with Crippen LogP contribution in [0.3, 0.4) is 0 Å². The van der Waals surface area contributed by atoms with Crippen molar-refractivity contribution in [1.29, 1.82) is 0 Å². The first-order valence-electron chi connectivity index (χ1n) is 25.4. The quantitative estimate of drug-likeness (QED) is 0.0359. The zero-order valence-corrected chi connectivity index (χ0v) is 38.9. The maximum atomic E-state index is 6.14. The lowest BCUT2D eigenvalue weighted by atomic mass is 9.94. The van der Waals surface area contributed by atoms with E-state index in [1.165, 1.54) is 224 Å². The third-order valence-corrected chi connectivity index (χ3v) is 13.1. The SMILES string of the molecule is CCCCCCc1cc(N)ccc1Cc1ccc(CCCCCCCCCCCCCCCCCCCCc2ccc(Cc3ccc(N)cc3CCCCCC)cc2)cc1. The molecule has 0 aromatic heterocycles. The van der Waals surface area contributed by atoms with Crippen LogP contribution in [0.4, 0.5) is 11.4 Å². The first kappa shape index (κ1) is 49.1. The molecule has 4 rings (SSSR count). The molecule has 0 atom stereocenters. The molecule has 0 unspecified atom stereocenters. The fourth-order valence-corrected chi connectivity index (χ4v) is 9.16. The van der Waals surface area contributed by atoms with Gasteiger partial charge in [0.05, 0.1) is 0 Å². The van der Waals surface area contributed by atoms with Crippen LogP contribution < -0.4 is 11.5 Å². The Bertz CT molecular complexity index is 1530. The Morgan fingerprint density at radius 1 is 0.267 bits per heavy atom. The molecule has 0 heterocycles. The molecule has 0 amide bonds. The lowest BCUT2D eigenvalue weighted by Gasteiger charge is -2.12. The molecule has 4 N–H and O–H groups in total. The van der Waals surface area contributed by atoms with Gasteiger partial charge in [-0.1, -0.05) is 216 Å². The Morgan fingerprint density at radius 2 is 0.533 bits per heavy atom. The van der Waals surface area contributed by atoms with Crippen LogP contribution in [0.15, 0.2) is 84.9 Å². The van der Waals surface area contributed by atoms with Crippen LogP contribution in [0.25, 0.3) is 0 Å². The van der Waals surface area contributed by atoms with Crippen LogP contribution in [-0.2, 0) is 38.5 Å². The molecule has 4 aromatic carbocycles. The van der Waals surface area contributed by atoms with Crippen LogP contribution in [-0.4, -0.2) is 0 Å².